The van der Waals surface area contributed by atoms with Crippen molar-refractivity contribution in [1.29, 1.82) is 0 Å². The highest BCUT2D eigenvalue weighted by Crippen LogP contribution is 2.32. The van der Waals surface area contributed by atoms with Crippen molar-refractivity contribution >= 4 is 51.0 Å². The lowest BCUT2D eigenvalue weighted by Crippen LogP contribution is -2.30. The molecular formula is C11H11I2NO2. The topological polar surface area (TPSA) is 38.3 Å². The van der Waals surface area contributed by atoms with Crippen molar-refractivity contribution in [3.63, 3.8) is 0 Å². The zero-order valence-corrected chi connectivity index (χ0v) is 13.0. The summed E-state index contributed by atoms with van der Waals surface area (Å²) in [7, 11) is 1.85. The van der Waals surface area contributed by atoms with Gasteiger partial charge in [0.2, 0.25) is 0 Å². The van der Waals surface area contributed by atoms with Crippen molar-refractivity contribution < 1.29 is 9.53 Å². The first-order valence-corrected chi connectivity index (χ1v) is 7.13. The van der Waals surface area contributed by atoms with Gasteiger partial charge >= 0.3 is 0 Å². The number of hydrogen-bond acceptors (Lipinski definition) is 3. The minimum atomic E-state index is -0.0706. The summed E-state index contributed by atoms with van der Waals surface area (Å²) in [6.45, 7) is 0. The first-order valence-electron chi connectivity index (χ1n) is 4.98. The van der Waals surface area contributed by atoms with Gasteiger partial charge in [-0.25, -0.2) is 0 Å². The molecular weight excluding hydrogens is 432 g/mol. The molecule has 0 aliphatic carbocycles. The number of ether oxygens (including phenoxy) is 1. The van der Waals surface area contributed by atoms with Gasteiger partial charge in [0, 0.05) is 16.4 Å². The number of rotatable bonds is 1. The van der Waals surface area contributed by atoms with Gasteiger partial charge in [0.25, 0.3) is 0 Å². The van der Waals surface area contributed by atoms with Gasteiger partial charge in [-0.3, -0.25) is 10.1 Å². The fourth-order valence-corrected chi connectivity index (χ4v) is 3.66. The van der Waals surface area contributed by atoms with E-state index in [2.05, 4.69) is 50.5 Å². The van der Waals surface area contributed by atoms with E-state index < -0.39 is 0 Å². The Balaban J connectivity index is 2.50. The number of halogens is 2. The summed E-state index contributed by atoms with van der Waals surface area (Å²) in [4.78, 5) is 12.0. The minimum Gasteiger partial charge on any atom is -0.473 e. The number of carbonyl (C=O) groups is 1. The number of carbonyl (C=O) groups excluding carboxylic acids is 1. The zero-order chi connectivity index (χ0) is 11.7. The Bertz CT molecular complexity index is 434. The summed E-state index contributed by atoms with van der Waals surface area (Å²) in [5.74, 6) is 0.895. The second kappa shape index (κ2) is 5.18. The quantitative estimate of drug-likeness (QED) is 0.680. The van der Waals surface area contributed by atoms with Crippen LogP contribution >= 0.6 is 45.2 Å². The molecule has 0 bridgehead atoms. The summed E-state index contributed by atoms with van der Waals surface area (Å²) < 4.78 is 7.88. The summed E-state index contributed by atoms with van der Waals surface area (Å²) in [5.41, 5.74) is 0.717. The van der Waals surface area contributed by atoms with Crippen LogP contribution in [0.3, 0.4) is 0 Å². The van der Waals surface area contributed by atoms with Gasteiger partial charge in [-0.05, 0) is 64.4 Å². The highest BCUT2D eigenvalue weighted by Gasteiger charge is 2.24. The molecule has 5 heteroatoms. The highest BCUT2D eigenvalue weighted by molar-refractivity contribution is 14.1. The average molecular weight is 443 g/mol. The van der Waals surface area contributed by atoms with Gasteiger partial charge in [-0.1, -0.05) is 0 Å². The molecule has 1 aliphatic heterocycles. The van der Waals surface area contributed by atoms with Gasteiger partial charge in [0.05, 0.1) is 9.13 Å². The number of hydrogen-bond donors (Lipinski definition) is 1. The minimum absolute atomic E-state index is 0.0706. The Kier molecular flexibility index (Phi) is 4.06. The maximum atomic E-state index is 12.0. The van der Waals surface area contributed by atoms with Gasteiger partial charge in [0.15, 0.2) is 5.78 Å². The second-order valence-corrected chi connectivity index (χ2v) is 6.03. The molecule has 16 heavy (non-hydrogen) atoms. The molecule has 0 saturated carbocycles. The predicted octanol–water partition coefficient (Wildman–Crippen LogP) is 2.80. The van der Waals surface area contributed by atoms with Crippen LogP contribution < -0.4 is 10.1 Å². The Labute approximate surface area is 122 Å². The van der Waals surface area contributed by atoms with E-state index in [0.717, 1.165) is 19.3 Å². The molecule has 0 spiro atoms. The van der Waals surface area contributed by atoms with Crippen molar-refractivity contribution in [2.45, 2.75) is 19.1 Å². The molecule has 3 nitrogen and oxygen atoms in total. The predicted molar refractivity (Wildman–Crippen MR) is 78.9 cm³/mol. The Morgan fingerprint density at radius 3 is 2.88 bits per heavy atom. The van der Waals surface area contributed by atoms with E-state index >= 15 is 0 Å². The average Bonchev–Trinajstić information content (AvgIpc) is 2.40. The molecule has 0 radical (unpaired) electrons. The molecule has 0 fully saturated rings. The van der Waals surface area contributed by atoms with Crippen LogP contribution in [0.4, 0.5) is 0 Å². The summed E-state index contributed by atoms with van der Waals surface area (Å²) in [6, 6.07) is 3.92. The number of nitrogens with one attached hydrogen (secondary N) is 1. The van der Waals surface area contributed by atoms with Gasteiger partial charge in [-0.2, -0.15) is 0 Å². The molecule has 1 aromatic carbocycles. The molecule has 0 saturated heterocycles. The Morgan fingerprint density at radius 1 is 1.44 bits per heavy atom. The zero-order valence-electron chi connectivity index (χ0n) is 8.72. The SMILES string of the molecule is CNC1CCC(=O)c2cc(I)cc(I)c2O1. The lowest BCUT2D eigenvalue weighted by molar-refractivity contribution is 0.0973. The lowest BCUT2D eigenvalue weighted by atomic mass is 10.1. The monoisotopic (exact) mass is 443 g/mol. The highest BCUT2D eigenvalue weighted by atomic mass is 127. The Hall–Kier alpha value is 0.110. The van der Waals surface area contributed by atoms with Crippen LogP contribution in [-0.4, -0.2) is 19.1 Å². The molecule has 86 valence electrons. The van der Waals surface area contributed by atoms with Crippen LogP contribution in [0.5, 0.6) is 5.75 Å². The number of Topliss-reactive ketones (excluding diaryl/α,β-unsaturated/α-hetero) is 1. The van der Waals surface area contributed by atoms with Crippen LogP contribution in [0, 0.1) is 7.14 Å². The smallest absolute Gasteiger partial charge is 0.166 e. The van der Waals surface area contributed by atoms with E-state index in [-0.39, 0.29) is 12.0 Å². The van der Waals surface area contributed by atoms with E-state index in [1.165, 1.54) is 0 Å². The first kappa shape index (κ1) is 12.6. The van der Waals surface area contributed by atoms with Crippen LogP contribution in [0.2, 0.25) is 0 Å². The normalized spacial score (nSPS) is 19.9. The van der Waals surface area contributed by atoms with E-state index in [9.17, 15) is 4.79 Å². The fourth-order valence-electron chi connectivity index (χ4n) is 1.69. The van der Waals surface area contributed by atoms with Crippen molar-refractivity contribution in [3.05, 3.63) is 24.8 Å². The third-order valence-corrected chi connectivity index (χ3v) is 3.95. The van der Waals surface area contributed by atoms with Crippen LogP contribution in [0.25, 0.3) is 0 Å². The van der Waals surface area contributed by atoms with Gasteiger partial charge in [-0.15, -0.1) is 0 Å². The first-order chi connectivity index (χ1) is 7.61. The van der Waals surface area contributed by atoms with Crippen LogP contribution in [0.1, 0.15) is 23.2 Å². The van der Waals surface area contributed by atoms with Gasteiger partial charge in [0.1, 0.15) is 12.0 Å². The van der Waals surface area contributed by atoms with E-state index in [4.69, 9.17) is 4.74 Å². The fraction of sp³-hybridized carbons (Fsp3) is 0.364. The van der Waals surface area contributed by atoms with Crippen LogP contribution in [0.15, 0.2) is 12.1 Å². The van der Waals surface area contributed by atoms with Gasteiger partial charge < -0.3 is 4.74 Å². The standard InChI is InChI=1S/C11H11I2NO2/c1-14-10-3-2-9(15)7-4-6(12)5-8(13)11(7)16-10/h4-5,10,14H,2-3H2,1H3. The van der Waals surface area contributed by atoms with Crippen LogP contribution in [-0.2, 0) is 0 Å². The molecule has 2 rings (SSSR count). The third-order valence-electron chi connectivity index (χ3n) is 2.52. The van der Waals surface area contributed by atoms with Crippen molar-refractivity contribution in [1.82, 2.24) is 5.32 Å². The lowest BCUT2D eigenvalue weighted by Gasteiger charge is -2.17. The summed E-state index contributed by atoms with van der Waals surface area (Å²) in [5, 5.41) is 3.07. The molecule has 1 aliphatic rings. The number of fused-ring (bicyclic) bond motifs is 1. The maximum absolute atomic E-state index is 12.0. The number of ketones is 1. The number of benzene rings is 1. The molecule has 0 aromatic heterocycles. The van der Waals surface area contributed by atoms with E-state index in [1.807, 2.05) is 19.2 Å². The van der Waals surface area contributed by atoms with Crippen molar-refractivity contribution in [3.8, 4) is 5.75 Å². The summed E-state index contributed by atoms with van der Waals surface area (Å²) >= 11 is 4.43. The van der Waals surface area contributed by atoms with Crippen molar-refractivity contribution in [2.75, 3.05) is 7.05 Å². The second-order valence-electron chi connectivity index (χ2n) is 3.62. The molecule has 1 atom stereocenters. The molecule has 1 aromatic rings. The molecule has 1 unspecified atom stereocenters. The van der Waals surface area contributed by atoms with E-state index in [1.54, 1.807) is 0 Å². The van der Waals surface area contributed by atoms with E-state index in [0.29, 0.717) is 12.0 Å². The molecule has 0 amide bonds. The molecule has 1 N–H and O–H groups in total. The Morgan fingerprint density at radius 2 is 2.19 bits per heavy atom. The van der Waals surface area contributed by atoms with Crippen molar-refractivity contribution in [2.24, 2.45) is 0 Å². The largest absolute Gasteiger partial charge is 0.473 e. The third kappa shape index (κ3) is 2.51. The maximum Gasteiger partial charge on any atom is 0.166 e. The molecule has 1 heterocycles. The summed E-state index contributed by atoms with van der Waals surface area (Å²) in [6.07, 6.45) is 1.18.